The molecule has 0 unspecified atom stereocenters. The van der Waals surface area contributed by atoms with Gasteiger partial charge in [0.05, 0.1) is 6.61 Å². The lowest BCUT2D eigenvalue weighted by Gasteiger charge is -2.08. The van der Waals surface area contributed by atoms with Crippen molar-refractivity contribution in [3.05, 3.63) is 76.9 Å². The molecule has 0 amide bonds. The van der Waals surface area contributed by atoms with Crippen LogP contribution in [0.4, 0.5) is 0 Å². The second kappa shape index (κ2) is 7.36. The highest BCUT2D eigenvalue weighted by atomic mass is 16.5. The van der Waals surface area contributed by atoms with Crippen LogP contribution in [-0.2, 0) is 9.53 Å². The first-order valence-corrected chi connectivity index (χ1v) is 7.17. The van der Waals surface area contributed by atoms with E-state index in [0.717, 1.165) is 11.1 Å². The maximum Gasteiger partial charge on any atom is 0.330 e. The van der Waals surface area contributed by atoms with E-state index in [-0.39, 0.29) is 5.78 Å². The molecule has 22 heavy (non-hydrogen) atoms. The zero-order valence-electron chi connectivity index (χ0n) is 12.7. The van der Waals surface area contributed by atoms with Crippen molar-refractivity contribution in [1.29, 1.82) is 0 Å². The van der Waals surface area contributed by atoms with E-state index in [4.69, 9.17) is 4.74 Å². The number of hydrogen-bond acceptors (Lipinski definition) is 3. The van der Waals surface area contributed by atoms with Gasteiger partial charge < -0.3 is 4.74 Å². The van der Waals surface area contributed by atoms with Gasteiger partial charge in [-0.05, 0) is 31.1 Å². The highest BCUT2D eigenvalue weighted by Gasteiger charge is 2.13. The van der Waals surface area contributed by atoms with Crippen LogP contribution in [0.15, 0.2) is 54.6 Å². The number of rotatable bonds is 5. The van der Waals surface area contributed by atoms with Crippen molar-refractivity contribution >= 4 is 17.8 Å². The molecule has 2 aromatic carbocycles. The molecule has 0 bridgehead atoms. The summed E-state index contributed by atoms with van der Waals surface area (Å²) in [6.07, 6.45) is 3.00. The largest absolute Gasteiger partial charge is 0.463 e. The van der Waals surface area contributed by atoms with E-state index in [1.54, 1.807) is 31.2 Å². The van der Waals surface area contributed by atoms with E-state index in [9.17, 15) is 9.59 Å². The van der Waals surface area contributed by atoms with Crippen molar-refractivity contribution in [2.24, 2.45) is 0 Å². The maximum atomic E-state index is 12.6. The fourth-order valence-corrected chi connectivity index (χ4v) is 2.19. The molecule has 112 valence electrons. The van der Waals surface area contributed by atoms with Gasteiger partial charge in [0.15, 0.2) is 5.78 Å². The van der Waals surface area contributed by atoms with E-state index < -0.39 is 5.97 Å². The predicted molar refractivity (Wildman–Crippen MR) is 86.7 cm³/mol. The second-order valence-electron chi connectivity index (χ2n) is 4.82. The Hall–Kier alpha value is -2.68. The van der Waals surface area contributed by atoms with E-state index in [1.165, 1.54) is 6.08 Å². The van der Waals surface area contributed by atoms with Crippen LogP contribution in [-0.4, -0.2) is 18.4 Å². The Morgan fingerprint density at radius 1 is 1.05 bits per heavy atom. The zero-order valence-corrected chi connectivity index (χ0v) is 12.7. The standard InChI is InChI=1S/C19H18O3/c1-3-22-18(20)13-12-16-14(2)8-7-11-17(16)19(21)15-9-5-4-6-10-15/h4-13H,3H2,1-2H3/b13-12+. The molecule has 0 aliphatic rings. The van der Waals surface area contributed by atoms with Crippen LogP contribution in [0.1, 0.15) is 34.0 Å². The lowest BCUT2D eigenvalue weighted by molar-refractivity contribution is -0.137. The second-order valence-corrected chi connectivity index (χ2v) is 4.82. The minimum Gasteiger partial charge on any atom is -0.463 e. The Kier molecular flexibility index (Phi) is 5.26. The third-order valence-electron chi connectivity index (χ3n) is 3.28. The van der Waals surface area contributed by atoms with Crippen LogP contribution in [0.25, 0.3) is 6.08 Å². The van der Waals surface area contributed by atoms with Crippen molar-refractivity contribution in [2.75, 3.05) is 6.61 Å². The summed E-state index contributed by atoms with van der Waals surface area (Å²) in [6, 6.07) is 14.6. The predicted octanol–water partition coefficient (Wildman–Crippen LogP) is 3.80. The summed E-state index contributed by atoms with van der Waals surface area (Å²) in [7, 11) is 0. The molecule has 0 heterocycles. The molecule has 3 nitrogen and oxygen atoms in total. The third kappa shape index (κ3) is 3.70. The molecule has 0 saturated carbocycles. The van der Waals surface area contributed by atoms with Gasteiger partial charge in [-0.25, -0.2) is 4.79 Å². The average Bonchev–Trinajstić information content (AvgIpc) is 2.54. The fraction of sp³-hybridized carbons (Fsp3) is 0.158. The summed E-state index contributed by atoms with van der Waals surface area (Å²) < 4.78 is 4.88. The number of ether oxygens (including phenoxy) is 1. The Bertz CT molecular complexity index is 700. The van der Waals surface area contributed by atoms with Gasteiger partial charge >= 0.3 is 5.97 Å². The number of carbonyl (C=O) groups excluding carboxylic acids is 2. The molecule has 2 rings (SSSR count). The van der Waals surface area contributed by atoms with E-state index in [1.807, 2.05) is 37.3 Å². The molecule has 0 N–H and O–H groups in total. The van der Waals surface area contributed by atoms with Crippen LogP contribution >= 0.6 is 0 Å². The lowest BCUT2D eigenvalue weighted by Crippen LogP contribution is -2.05. The van der Waals surface area contributed by atoms with Gasteiger partial charge in [0.25, 0.3) is 0 Å². The molecule has 0 spiro atoms. The average molecular weight is 294 g/mol. The van der Waals surface area contributed by atoms with Gasteiger partial charge in [0.2, 0.25) is 0 Å². The Morgan fingerprint density at radius 2 is 1.77 bits per heavy atom. The number of ketones is 1. The van der Waals surface area contributed by atoms with Crippen molar-refractivity contribution in [3.8, 4) is 0 Å². The molecule has 0 atom stereocenters. The minimum absolute atomic E-state index is 0.0622. The Morgan fingerprint density at radius 3 is 2.45 bits per heavy atom. The van der Waals surface area contributed by atoms with Crippen LogP contribution in [0.5, 0.6) is 0 Å². The molecule has 3 heteroatoms. The van der Waals surface area contributed by atoms with Gasteiger partial charge in [-0.15, -0.1) is 0 Å². The van der Waals surface area contributed by atoms with Crippen LogP contribution < -0.4 is 0 Å². The molecule has 2 aromatic rings. The highest BCUT2D eigenvalue weighted by Crippen LogP contribution is 2.20. The number of esters is 1. The van der Waals surface area contributed by atoms with E-state index in [0.29, 0.717) is 17.7 Å². The van der Waals surface area contributed by atoms with E-state index in [2.05, 4.69) is 0 Å². The summed E-state index contributed by atoms with van der Waals surface area (Å²) in [5.74, 6) is -0.475. The topological polar surface area (TPSA) is 43.4 Å². The molecule has 0 saturated heterocycles. The van der Waals surface area contributed by atoms with Gasteiger partial charge in [-0.1, -0.05) is 48.5 Å². The van der Waals surface area contributed by atoms with Gasteiger partial charge in [0, 0.05) is 17.2 Å². The molecular formula is C19H18O3. The van der Waals surface area contributed by atoms with E-state index >= 15 is 0 Å². The van der Waals surface area contributed by atoms with Crippen molar-refractivity contribution in [3.63, 3.8) is 0 Å². The zero-order chi connectivity index (χ0) is 15.9. The van der Waals surface area contributed by atoms with Crippen molar-refractivity contribution in [1.82, 2.24) is 0 Å². The SMILES string of the molecule is CCOC(=O)/C=C/c1c(C)cccc1C(=O)c1ccccc1. The normalized spacial score (nSPS) is 10.6. The molecule has 0 aromatic heterocycles. The lowest BCUT2D eigenvalue weighted by atomic mass is 9.95. The first-order chi connectivity index (χ1) is 10.6. The van der Waals surface area contributed by atoms with Gasteiger partial charge in [0.1, 0.15) is 0 Å². The van der Waals surface area contributed by atoms with Crippen LogP contribution in [0, 0.1) is 6.92 Å². The van der Waals surface area contributed by atoms with Gasteiger partial charge in [-0.2, -0.15) is 0 Å². The summed E-state index contributed by atoms with van der Waals surface area (Å²) >= 11 is 0. The minimum atomic E-state index is -0.413. The van der Waals surface area contributed by atoms with Gasteiger partial charge in [-0.3, -0.25) is 4.79 Å². The number of carbonyl (C=O) groups is 2. The third-order valence-corrected chi connectivity index (χ3v) is 3.28. The van der Waals surface area contributed by atoms with Crippen LogP contribution in [0.3, 0.4) is 0 Å². The smallest absolute Gasteiger partial charge is 0.330 e. The number of benzene rings is 2. The summed E-state index contributed by atoms with van der Waals surface area (Å²) in [5.41, 5.74) is 2.87. The fourth-order valence-electron chi connectivity index (χ4n) is 2.19. The first-order valence-electron chi connectivity index (χ1n) is 7.17. The Balaban J connectivity index is 2.39. The summed E-state index contributed by atoms with van der Waals surface area (Å²) in [5, 5.41) is 0. The number of hydrogen-bond donors (Lipinski definition) is 0. The van der Waals surface area contributed by atoms with Crippen LogP contribution in [0.2, 0.25) is 0 Å². The molecular weight excluding hydrogens is 276 g/mol. The number of aryl methyl sites for hydroxylation is 1. The monoisotopic (exact) mass is 294 g/mol. The summed E-state index contributed by atoms with van der Waals surface area (Å²) in [6.45, 7) is 3.99. The summed E-state index contributed by atoms with van der Waals surface area (Å²) in [4.78, 5) is 24.1. The molecule has 0 radical (unpaired) electrons. The maximum absolute atomic E-state index is 12.6. The molecule has 0 fully saturated rings. The Labute approximate surface area is 130 Å². The molecule has 0 aliphatic heterocycles. The molecule has 0 aliphatic carbocycles. The van der Waals surface area contributed by atoms with Crippen molar-refractivity contribution < 1.29 is 14.3 Å². The van der Waals surface area contributed by atoms with Crippen molar-refractivity contribution in [2.45, 2.75) is 13.8 Å². The highest BCUT2D eigenvalue weighted by molar-refractivity contribution is 6.11. The first kappa shape index (κ1) is 15.7. The quantitative estimate of drug-likeness (QED) is 0.478.